The molecule has 0 radical (unpaired) electrons. The van der Waals surface area contributed by atoms with Crippen molar-refractivity contribution < 1.29 is 9.53 Å². The van der Waals surface area contributed by atoms with Gasteiger partial charge in [0.05, 0.1) is 7.11 Å². The highest BCUT2D eigenvalue weighted by atomic mass is 79.9. The largest absolute Gasteiger partial charge is 0.467 e. The predicted octanol–water partition coefficient (Wildman–Crippen LogP) is 2.74. The second kappa shape index (κ2) is 7.13. The quantitative estimate of drug-likeness (QED) is 0.286. The van der Waals surface area contributed by atoms with E-state index in [1.807, 2.05) is 24.3 Å². The zero-order valence-electron chi connectivity index (χ0n) is 10.8. The van der Waals surface area contributed by atoms with Crippen LogP contribution in [0.15, 0.2) is 33.9 Å². The molecule has 1 rings (SSSR count). The van der Waals surface area contributed by atoms with Crippen LogP contribution in [0, 0.1) is 0 Å². The normalized spacial score (nSPS) is 13.2. The zero-order chi connectivity index (χ0) is 14.3. The Balaban J connectivity index is 2.95. The fraction of sp³-hybridized carbons (Fsp3) is 0.417. The van der Waals surface area contributed by atoms with Gasteiger partial charge in [-0.15, -0.1) is 0 Å². The molecule has 0 heterocycles. The topological polar surface area (TPSA) is 87.1 Å². The number of nitrogens with one attached hydrogen (secondary N) is 1. The Morgan fingerprint density at radius 1 is 1.53 bits per heavy atom. The van der Waals surface area contributed by atoms with Gasteiger partial charge in [-0.05, 0) is 30.2 Å². The Morgan fingerprint density at radius 3 is 2.68 bits per heavy atom. The van der Waals surface area contributed by atoms with E-state index >= 15 is 0 Å². The first kappa shape index (κ1) is 15.5. The van der Waals surface area contributed by atoms with Crippen LogP contribution in [0.5, 0.6) is 0 Å². The first-order chi connectivity index (χ1) is 9.04. The second-order valence-corrected chi connectivity index (χ2v) is 4.92. The van der Waals surface area contributed by atoms with Gasteiger partial charge in [-0.1, -0.05) is 33.2 Å². The van der Waals surface area contributed by atoms with Crippen molar-refractivity contribution in [2.75, 3.05) is 20.2 Å². The Kier molecular flexibility index (Phi) is 5.82. The molecule has 0 bridgehead atoms. The van der Waals surface area contributed by atoms with Crippen LogP contribution < -0.4 is 5.32 Å². The molecule has 0 saturated carbocycles. The minimum Gasteiger partial charge on any atom is -0.467 e. The molecule has 1 aromatic carbocycles. The third-order valence-electron chi connectivity index (χ3n) is 2.77. The van der Waals surface area contributed by atoms with Gasteiger partial charge in [0.1, 0.15) is 5.54 Å². The second-order valence-electron chi connectivity index (χ2n) is 4.00. The molecule has 6 nitrogen and oxygen atoms in total. The van der Waals surface area contributed by atoms with Crippen LogP contribution in [0.1, 0.15) is 12.5 Å². The van der Waals surface area contributed by atoms with Crippen molar-refractivity contribution >= 4 is 21.9 Å². The van der Waals surface area contributed by atoms with E-state index in [2.05, 4.69) is 31.3 Å². The lowest BCUT2D eigenvalue weighted by molar-refractivity contribution is -0.148. The lowest BCUT2D eigenvalue weighted by Crippen LogP contribution is -2.48. The summed E-state index contributed by atoms with van der Waals surface area (Å²) >= 11 is 3.35. The van der Waals surface area contributed by atoms with Gasteiger partial charge in [0.2, 0.25) is 0 Å². The number of carbonyl (C=O) groups is 1. The van der Waals surface area contributed by atoms with Crippen molar-refractivity contribution in [3.63, 3.8) is 0 Å². The highest BCUT2D eigenvalue weighted by Gasteiger charge is 2.35. The molecule has 0 aromatic heterocycles. The van der Waals surface area contributed by atoms with Crippen LogP contribution in [0.4, 0.5) is 0 Å². The van der Waals surface area contributed by atoms with Crippen molar-refractivity contribution in [1.82, 2.24) is 5.32 Å². The lowest BCUT2D eigenvalue weighted by Gasteiger charge is -2.28. The van der Waals surface area contributed by atoms with E-state index < -0.39 is 11.5 Å². The number of rotatable bonds is 6. The third kappa shape index (κ3) is 3.96. The molecule has 0 aliphatic carbocycles. The Bertz CT molecular complexity index is 485. The fourth-order valence-corrected chi connectivity index (χ4v) is 1.94. The molecule has 102 valence electrons. The molecule has 0 aliphatic rings. The predicted molar refractivity (Wildman–Crippen MR) is 75.5 cm³/mol. The van der Waals surface area contributed by atoms with Gasteiger partial charge in [0, 0.05) is 22.5 Å². The van der Waals surface area contributed by atoms with Crippen LogP contribution in [-0.2, 0) is 15.1 Å². The van der Waals surface area contributed by atoms with Crippen molar-refractivity contribution in [2.24, 2.45) is 5.11 Å². The number of carbonyl (C=O) groups excluding carboxylic acids is 1. The highest BCUT2D eigenvalue weighted by molar-refractivity contribution is 9.10. The van der Waals surface area contributed by atoms with Crippen molar-refractivity contribution in [3.05, 3.63) is 44.7 Å². The van der Waals surface area contributed by atoms with Crippen LogP contribution >= 0.6 is 15.9 Å². The van der Waals surface area contributed by atoms with Gasteiger partial charge in [-0.25, -0.2) is 4.79 Å². The third-order valence-corrected chi connectivity index (χ3v) is 3.30. The van der Waals surface area contributed by atoms with E-state index in [1.54, 1.807) is 6.92 Å². The summed E-state index contributed by atoms with van der Waals surface area (Å²) in [5, 5.41) is 6.49. The van der Waals surface area contributed by atoms with Gasteiger partial charge in [0.25, 0.3) is 0 Å². The summed E-state index contributed by atoms with van der Waals surface area (Å²) in [6.07, 6.45) is 0. The minimum atomic E-state index is -0.972. The molecule has 1 unspecified atom stereocenters. The van der Waals surface area contributed by atoms with E-state index in [0.29, 0.717) is 6.54 Å². The standard InChI is InChI=1S/C12H15BrN4O2/c1-12(11(18)19-2,15-7-8-16-17-14)9-3-5-10(13)6-4-9/h3-6,15H,7-8H2,1-2H3. The molecule has 7 heteroatoms. The summed E-state index contributed by atoms with van der Waals surface area (Å²) in [6.45, 7) is 2.38. The molecule has 1 N–H and O–H groups in total. The summed E-state index contributed by atoms with van der Waals surface area (Å²) in [5.74, 6) is -0.393. The van der Waals surface area contributed by atoms with Crippen LogP contribution in [-0.4, -0.2) is 26.2 Å². The Morgan fingerprint density at radius 2 is 2.16 bits per heavy atom. The van der Waals surface area contributed by atoms with E-state index in [4.69, 9.17) is 10.3 Å². The number of methoxy groups -OCH3 is 1. The SMILES string of the molecule is COC(=O)C(C)(NCCN=[N+]=[N-])c1ccc(Br)cc1. The molecule has 1 aromatic rings. The molecule has 0 amide bonds. The van der Waals surface area contributed by atoms with Gasteiger partial charge >= 0.3 is 5.97 Å². The molecule has 0 saturated heterocycles. The fourth-order valence-electron chi connectivity index (χ4n) is 1.68. The zero-order valence-corrected chi connectivity index (χ0v) is 12.3. The van der Waals surface area contributed by atoms with Crippen molar-refractivity contribution in [2.45, 2.75) is 12.5 Å². The number of hydrogen-bond acceptors (Lipinski definition) is 4. The summed E-state index contributed by atoms with van der Waals surface area (Å²) in [6, 6.07) is 7.38. The summed E-state index contributed by atoms with van der Waals surface area (Å²) < 4.78 is 5.77. The van der Waals surface area contributed by atoms with E-state index in [1.165, 1.54) is 7.11 Å². The Labute approximate surface area is 119 Å². The summed E-state index contributed by atoms with van der Waals surface area (Å²) in [5.41, 5.74) is 8.04. The van der Waals surface area contributed by atoms with Gasteiger partial charge in [-0.3, -0.25) is 5.32 Å². The average Bonchev–Trinajstić information content (AvgIpc) is 2.43. The molecular weight excluding hydrogens is 312 g/mol. The molecule has 19 heavy (non-hydrogen) atoms. The number of nitrogens with zero attached hydrogens (tertiary/aromatic N) is 3. The van der Waals surface area contributed by atoms with E-state index in [9.17, 15) is 4.79 Å². The summed E-state index contributed by atoms with van der Waals surface area (Å²) in [7, 11) is 1.34. The van der Waals surface area contributed by atoms with Crippen molar-refractivity contribution in [3.8, 4) is 0 Å². The van der Waals surface area contributed by atoms with Crippen LogP contribution in [0.25, 0.3) is 10.4 Å². The first-order valence-electron chi connectivity index (χ1n) is 5.65. The van der Waals surface area contributed by atoms with Crippen LogP contribution in [0.3, 0.4) is 0 Å². The molecule has 0 aliphatic heterocycles. The molecule has 0 spiro atoms. The maximum Gasteiger partial charge on any atom is 0.330 e. The van der Waals surface area contributed by atoms with Crippen LogP contribution in [0.2, 0.25) is 0 Å². The number of azide groups is 1. The summed E-state index contributed by atoms with van der Waals surface area (Å²) in [4.78, 5) is 14.7. The molecule has 0 fully saturated rings. The lowest BCUT2D eigenvalue weighted by atomic mass is 9.92. The number of halogens is 1. The number of esters is 1. The first-order valence-corrected chi connectivity index (χ1v) is 6.44. The maximum absolute atomic E-state index is 12.0. The van der Waals surface area contributed by atoms with E-state index in [-0.39, 0.29) is 6.54 Å². The maximum atomic E-state index is 12.0. The Hall–Kier alpha value is -1.56. The van der Waals surface area contributed by atoms with Gasteiger partial charge in [-0.2, -0.15) is 0 Å². The molecule has 1 atom stereocenters. The number of hydrogen-bond donors (Lipinski definition) is 1. The van der Waals surface area contributed by atoms with Gasteiger partial charge < -0.3 is 4.74 Å². The number of benzene rings is 1. The molecular formula is C12H15BrN4O2. The monoisotopic (exact) mass is 326 g/mol. The average molecular weight is 327 g/mol. The van der Waals surface area contributed by atoms with Crippen molar-refractivity contribution in [1.29, 1.82) is 0 Å². The minimum absolute atomic E-state index is 0.264. The van der Waals surface area contributed by atoms with Gasteiger partial charge in [0.15, 0.2) is 0 Å². The van der Waals surface area contributed by atoms with E-state index in [0.717, 1.165) is 10.0 Å². The smallest absolute Gasteiger partial charge is 0.330 e. The number of ether oxygens (including phenoxy) is 1. The highest BCUT2D eigenvalue weighted by Crippen LogP contribution is 2.24.